The zero-order chi connectivity index (χ0) is 19.9. The van der Waals surface area contributed by atoms with Gasteiger partial charge in [0.2, 0.25) is 5.95 Å². The van der Waals surface area contributed by atoms with Crippen LogP contribution in [0.1, 0.15) is 5.56 Å². The van der Waals surface area contributed by atoms with Gasteiger partial charge in [-0.2, -0.15) is 0 Å². The number of hydrogen-bond acceptors (Lipinski definition) is 7. The molecule has 0 atom stereocenters. The summed E-state index contributed by atoms with van der Waals surface area (Å²) in [7, 11) is 0. The van der Waals surface area contributed by atoms with Gasteiger partial charge in [0, 0.05) is 69.0 Å². The summed E-state index contributed by atoms with van der Waals surface area (Å²) in [6.45, 7) is 6.28. The first-order chi connectivity index (χ1) is 13.5. The predicted molar refractivity (Wildman–Crippen MR) is 106 cm³/mol. The smallest absolute Gasteiger partial charge is 0.319 e. The number of nitro groups is 1. The lowest BCUT2D eigenvalue weighted by atomic mass is 10.2. The number of piperazine rings is 1. The number of carbonyl (C=O) groups excluding carboxylic acids is 1. The maximum Gasteiger partial charge on any atom is 0.319 e. The maximum absolute atomic E-state index is 12.0. The fourth-order valence-electron chi connectivity index (χ4n) is 3.01. The van der Waals surface area contributed by atoms with E-state index in [2.05, 4.69) is 30.4 Å². The zero-order valence-corrected chi connectivity index (χ0v) is 15.7. The van der Waals surface area contributed by atoms with E-state index in [4.69, 9.17) is 0 Å². The summed E-state index contributed by atoms with van der Waals surface area (Å²) in [6.07, 6.45) is 3.47. The van der Waals surface area contributed by atoms with Gasteiger partial charge in [-0.3, -0.25) is 15.0 Å². The molecule has 28 heavy (non-hydrogen) atoms. The molecule has 2 heterocycles. The molecule has 1 saturated heterocycles. The Labute approximate surface area is 162 Å². The first-order valence-electron chi connectivity index (χ1n) is 9.07. The van der Waals surface area contributed by atoms with Crippen LogP contribution < -0.4 is 15.5 Å². The molecular weight excluding hydrogens is 362 g/mol. The number of amides is 2. The molecule has 1 aromatic carbocycles. The lowest BCUT2D eigenvalue weighted by Gasteiger charge is -2.34. The average Bonchev–Trinajstić information content (AvgIpc) is 2.70. The largest absolute Gasteiger partial charge is 0.338 e. The van der Waals surface area contributed by atoms with E-state index in [1.165, 1.54) is 6.07 Å². The standard InChI is InChI=1S/C18H23N7O3/c1-14-3-4-15(13-16(14)25(27)28)22-18(26)21-7-8-23-9-11-24(12-10-23)17-19-5-2-6-20-17/h2-6,13H,7-12H2,1H3,(H2,21,22,26). The van der Waals surface area contributed by atoms with Crippen LogP contribution in [0.15, 0.2) is 36.7 Å². The topological polar surface area (TPSA) is 117 Å². The highest BCUT2D eigenvalue weighted by Crippen LogP contribution is 2.22. The van der Waals surface area contributed by atoms with Crippen LogP contribution in [-0.4, -0.2) is 65.1 Å². The van der Waals surface area contributed by atoms with Gasteiger partial charge in [0.25, 0.3) is 5.69 Å². The molecule has 0 aliphatic carbocycles. The van der Waals surface area contributed by atoms with Crippen LogP contribution in [0, 0.1) is 17.0 Å². The molecule has 1 aliphatic rings. The molecule has 0 radical (unpaired) electrons. The minimum Gasteiger partial charge on any atom is -0.338 e. The van der Waals surface area contributed by atoms with Crippen LogP contribution in [-0.2, 0) is 0 Å². The van der Waals surface area contributed by atoms with E-state index in [1.54, 1.807) is 37.5 Å². The van der Waals surface area contributed by atoms with Gasteiger partial charge in [-0.1, -0.05) is 6.07 Å². The van der Waals surface area contributed by atoms with Gasteiger partial charge in [0.05, 0.1) is 4.92 Å². The molecule has 0 spiro atoms. The molecule has 2 N–H and O–H groups in total. The Morgan fingerprint density at radius 3 is 2.61 bits per heavy atom. The lowest BCUT2D eigenvalue weighted by Crippen LogP contribution is -2.49. The molecule has 1 fully saturated rings. The predicted octanol–water partition coefficient (Wildman–Crippen LogP) is 1.64. The van der Waals surface area contributed by atoms with Gasteiger partial charge in [0.1, 0.15) is 0 Å². The first kappa shape index (κ1) is 19.5. The molecule has 2 amide bonds. The van der Waals surface area contributed by atoms with Crippen molar-refractivity contribution in [3.63, 3.8) is 0 Å². The van der Waals surface area contributed by atoms with Crippen molar-refractivity contribution in [2.24, 2.45) is 0 Å². The minimum absolute atomic E-state index is 0.0157. The van der Waals surface area contributed by atoms with E-state index in [0.717, 1.165) is 38.7 Å². The van der Waals surface area contributed by atoms with Crippen molar-refractivity contribution in [1.82, 2.24) is 20.2 Å². The Morgan fingerprint density at radius 2 is 1.93 bits per heavy atom. The second-order valence-electron chi connectivity index (χ2n) is 6.52. The minimum atomic E-state index is -0.460. The number of aryl methyl sites for hydroxylation is 1. The number of rotatable bonds is 6. The van der Waals surface area contributed by atoms with Crippen LogP contribution in [0.25, 0.3) is 0 Å². The molecule has 3 rings (SSSR count). The van der Waals surface area contributed by atoms with Crippen molar-refractivity contribution in [3.05, 3.63) is 52.3 Å². The molecule has 10 heteroatoms. The highest BCUT2D eigenvalue weighted by molar-refractivity contribution is 5.89. The maximum atomic E-state index is 12.0. The third kappa shape index (κ3) is 5.13. The van der Waals surface area contributed by atoms with E-state index in [0.29, 0.717) is 17.8 Å². The molecule has 0 saturated carbocycles. The second kappa shape index (κ2) is 9.09. The number of nitro benzene ring substituents is 1. The summed E-state index contributed by atoms with van der Waals surface area (Å²) in [5.74, 6) is 0.742. The highest BCUT2D eigenvalue weighted by Gasteiger charge is 2.18. The monoisotopic (exact) mass is 385 g/mol. The van der Waals surface area contributed by atoms with Gasteiger partial charge in [-0.25, -0.2) is 14.8 Å². The first-order valence-corrected chi connectivity index (χ1v) is 9.07. The van der Waals surface area contributed by atoms with Gasteiger partial charge in [-0.15, -0.1) is 0 Å². The van der Waals surface area contributed by atoms with E-state index in [1.807, 2.05) is 0 Å². The van der Waals surface area contributed by atoms with Gasteiger partial charge >= 0.3 is 6.03 Å². The third-order valence-corrected chi connectivity index (χ3v) is 4.58. The number of urea groups is 1. The van der Waals surface area contributed by atoms with Crippen LogP contribution >= 0.6 is 0 Å². The summed E-state index contributed by atoms with van der Waals surface area (Å²) in [6, 6.07) is 6.04. The lowest BCUT2D eigenvalue weighted by molar-refractivity contribution is -0.385. The highest BCUT2D eigenvalue weighted by atomic mass is 16.6. The van der Waals surface area contributed by atoms with Crippen molar-refractivity contribution in [2.75, 3.05) is 49.5 Å². The fourth-order valence-corrected chi connectivity index (χ4v) is 3.01. The summed E-state index contributed by atoms with van der Waals surface area (Å²) in [5.41, 5.74) is 0.931. The summed E-state index contributed by atoms with van der Waals surface area (Å²) < 4.78 is 0. The molecule has 0 unspecified atom stereocenters. The Balaban J connectivity index is 1.39. The number of carbonyl (C=O) groups is 1. The Hall–Kier alpha value is -3.27. The summed E-state index contributed by atoms with van der Waals surface area (Å²) >= 11 is 0. The molecule has 1 aliphatic heterocycles. The van der Waals surface area contributed by atoms with Crippen molar-refractivity contribution in [1.29, 1.82) is 0 Å². The molecule has 1 aromatic heterocycles. The number of benzene rings is 1. The average molecular weight is 385 g/mol. The van der Waals surface area contributed by atoms with Crippen molar-refractivity contribution >= 4 is 23.4 Å². The molecular formula is C18H23N7O3. The van der Waals surface area contributed by atoms with Gasteiger partial charge in [-0.05, 0) is 19.1 Å². The van der Waals surface area contributed by atoms with E-state index >= 15 is 0 Å². The van der Waals surface area contributed by atoms with Crippen molar-refractivity contribution in [2.45, 2.75) is 6.92 Å². The van der Waals surface area contributed by atoms with E-state index in [9.17, 15) is 14.9 Å². The number of aromatic nitrogens is 2. The summed E-state index contributed by atoms with van der Waals surface area (Å²) in [4.78, 5) is 35.5. The van der Waals surface area contributed by atoms with Crippen LogP contribution in [0.3, 0.4) is 0 Å². The Bertz CT molecular complexity index is 823. The van der Waals surface area contributed by atoms with Gasteiger partial charge < -0.3 is 15.5 Å². The quantitative estimate of drug-likeness (QED) is 0.573. The number of hydrogen-bond donors (Lipinski definition) is 2. The van der Waals surface area contributed by atoms with Crippen LogP contribution in [0.5, 0.6) is 0 Å². The molecule has 148 valence electrons. The summed E-state index contributed by atoms with van der Waals surface area (Å²) in [5, 5.41) is 16.4. The van der Waals surface area contributed by atoms with Crippen molar-refractivity contribution in [3.8, 4) is 0 Å². The van der Waals surface area contributed by atoms with E-state index < -0.39 is 4.92 Å². The molecule has 2 aromatic rings. The molecule has 0 bridgehead atoms. The van der Waals surface area contributed by atoms with Crippen LogP contribution in [0.4, 0.5) is 22.1 Å². The van der Waals surface area contributed by atoms with Gasteiger partial charge in [0.15, 0.2) is 0 Å². The SMILES string of the molecule is Cc1ccc(NC(=O)NCCN2CCN(c3ncccn3)CC2)cc1[N+](=O)[O-]. The fraction of sp³-hybridized carbons (Fsp3) is 0.389. The number of nitrogens with one attached hydrogen (secondary N) is 2. The van der Waals surface area contributed by atoms with Crippen LogP contribution in [0.2, 0.25) is 0 Å². The second-order valence-corrected chi connectivity index (χ2v) is 6.52. The Kier molecular flexibility index (Phi) is 6.33. The van der Waals surface area contributed by atoms with Crippen molar-refractivity contribution < 1.29 is 9.72 Å². The molecule has 10 nitrogen and oxygen atoms in total. The number of nitrogens with zero attached hydrogens (tertiary/aromatic N) is 5. The number of anilines is 2. The zero-order valence-electron chi connectivity index (χ0n) is 15.7. The normalized spacial score (nSPS) is 14.5. The third-order valence-electron chi connectivity index (χ3n) is 4.58. The Morgan fingerprint density at radius 1 is 1.21 bits per heavy atom. The van der Waals surface area contributed by atoms with E-state index in [-0.39, 0.29) is 11.7 Å².